The molecule has 1 amide bonds. The van der Waals surface area contributed by atoms with Crippen molar-refractivity contribution in [1.29, 1.82) is 0 Å². The zero-order chi connectivity index (χ0) is 27.0. The molecule has 12 heteroatoms. The molecule has 1 saturated heterocycles. The van der Waals surface area contributed by atoms with Crippen LogP contribution in [0.25, 0.3) is 11.3 Å². The van der Waals surface area contributed by atoms with Crippen LogP contribution in [-0.2, 0) is 11.2 Å². The molecule has 1 spiro atoms. The predicted molar refractivity (Wildman–Crippen MR) is 132 cm³/mol. The third-order valence-corrected chi connectivity index (χ3v) is 7.23. The second-order valence-corrected chi connectivity index (χ2v) is 9.63. The number of carbonyl (C=O) groups excluding carboxylic acids is 1. The van der Waals surface area contributed by atoms with Gasteiger partial charge in [-0.15, -0.1) is 0 Å². The number of halogens is 3. The van der Waals surface area contributed by atoms with E-state index in [-0.39, 0.29) is 28.8 Å². The Morgan fingerprint density at radius 2 is 1.92 bits per heavy atom. The number of methoxy groups -OCH3 is 1. The highest BCUT2D eigenvalue weighted by Crippen LogP contribution is 2.39. The number of aryl methyl sites for hydroxylation is 2. The molecule has 9 nitrogen and oxygen atoms in total. The maximum absolute atomic E-state index is 14.4. The van der Waals surface area contributed by atoms with Gasteiger partial charge in [0.1, 0.15) is 11.6 Å². The number of carbonyl (C=O) groups is 1. The summed E-state index contributed by atoms with van der Waals surface area (Å²) in [4.78, 5) is 31.8. The number of anilines is 1. The maximum Gasteiger partial charge on any atom is 0.388 e. The topological polar surface area (TPSA) is 102 Å². The molecule has 3 aromatic rings. The van der Waals surface area contributed by atoms with E-state index in [1.807, 2.05) is 13.0 Å². The van der Waals surface area contributed by atoms with E-state index in [4.69, 9.17) is 9.72 Å². The molecule has 2 atom stereocenters. The number of likely N-dealkylation sites (tertiary alicyclic amines) is 1. The molecule has 0 saturated carbocycles. The molecule has 0 unspecified atom stereocenters. The molecule has 1 N–H and O–H groups in total. The van der Waals surface area contributed by atoms with E-state index in [1.54, 1.807) is 11.8 Å². The van der Waals surface area contributed by atoms with Crippen molar-refractivity contribution < 1.29 is 27.4 Å². The van der Waals surface area contributed by atoms with Crippen molar-refractivity contribution in [1.82, 2.24) is 24.8 Å². The van der Waals surface area contributed by atoms with E-state index in [2.05, 4.69) is 25.0 Å². The third-order valence-electron chi connectivity index (χ3n) is 7.23. The summed E-state index contributed by atoms with van der Waals surface area (Å²) in [5.74, 6) is -0.625. The van der Waals surface area contributed by atoms with E-state index < -0.39 is 18.3 Å². The zero-order valence-electron chi connectivity index (χ0n) is 21.2. The van der Waals surface area contributed by atoms with Crippen LogP contribution in [0.5, 0.6) is 11.8 Å². The van der Waals surface area contributed by atoms with E-state index >= 15 is 0 Å². The quantitative estimate of drug-likeness (QED) is 0.510. The molecule has 2 aliphatic rings. The first-order valence-electron chi connectivity index (χ1n) is 12.2. The van der Waals surface area contributed by atoms with Crippen molar-refractivity contribution in [3.05, 3.63) is 53.4 Å². The molecule has 3 aromatic heterocycles. The number of hydrogen-bond donors (Lipinski definition) is 1. The first kappa shape index (κ1) is 25.7. The molecule has 0 bridgehead atoms. The third kappa shape index (κ3) is 4.94. The minimum Gasteiger partial charge on any atom is -0.481 e. The van der Waals surface area contributed by atoms with E-state index in [9.17, 15) is 18.0 Å². The average Bonchev–Trinajstić information content (AvgIpc) is 3.31. The van der Waals surface area contributed by atoms with Gasteiger partial charge in [0.2, 0.25) is 17.7 Å². The molecule has 2 aliphatic heterocycles. The highest BCUT2D eigenvalue weighted by Gasteiger charge is 2.43. The summed E-state index contributed by atoms with van der Waals surface area (Å²) < 4.78 is 48.6. The van der Waals surface area contributed by atoms with Crippen molar-refractivity contribution >= 4 is 11.7 Å². The number of aromatic nitrogens is 4. The van der Waals surface area contributed by atoms with Crippen LogP contribution < -0.4 is 14.8 Å². The molecule has 1 fully saturated rings. The van der Waals surface area contributed by atoms with Crippen molar-refractivity contribution in [2.45, 2.75) is 51.2 Å². The lowest BCUT2D eigenvalue weighted by molar-refractivity contribution is -0.131. The Labute approximate surface area is 217 Å². The molecule has 0 radical (unpaired) electrons. The van der Waals surface area contributed by atoms with Crippen LogP contribution in [0, 0.1) is 12.7 Å². The van der Waals surface area contributed by atoms with E-state index in [0.29, 0.717) is 24.5 Å². The molecule has 5 rings (SSSR count). The fourth-order valence-electron chi connectivity index (χ4n) is 5.15. The second-order valence-electron chi connectivity index (χ2n) is 9.63. The van der Waals surface area contributed by atoms with E-state index in [1.165, 1.54) is 19.4 Å². The highest BCUT2D eigenvalue weighted by atomic mass is 19.3. The molecule has 5 heterocycles. The Kier molecular flexibility index (Phi) is 6.80. The van der Waals surface area contributed by atoms with Gasteiger partial charge in [-0.1, -0.05) is 0 Å². The summed E-state index contributed by atoms with van der Waals surface area (Å²) in [6, 6.07) is 3.45. The van der Waals surface area contributed by atoms with Gasteiger partial charge in [0, 0.05) is 36.0 Å². The summed E-state index contributed by atoms with van der Waals surface area (Å²) >= 11 is 0. The summed E-state index contributed by atoms with van der Waals surface area (Å²) in [5, 5.41) is 3.57. The van der Waals surface area contributed by atoms with Crippen LogP contribution in [0.2, 0.25) is 0 Å². The van der Waals surface area contributed by atoms with Gasteiger partial charge < -0.3 is 19.7 Å². The summed E-state index contributed by atoms with van der Waals surface area (Å²) in [7, 11) is 1.45. The molecule has 38 heavy (non-hydrogen) atoms. The largest absolute Gasteiger partial charge is 0.481 e. The summed E-state index contributed by atoms with van der Waals surface area (Å²) in [5.41, 5.74) is 2.88. The maximum atomic E-state index is 14.4. The Morgan fingerprint density at radius 1 is 1.13 bits per heavy atom. The fraction of sp³-hybridized carbons (Fsp3) is 0.423. The standard InChI is InChI=1S/C26H27F3N6O3/c1-14(17-9-21(37-3)31-10-19(17)27)24(36)35-7-6-26(13-35)5-4-16-8-18(15(2)33-23(16)34-26)20-11-32-22(12-30-20)38-25(28)29/h8-12,14,25H,4-7,13H2,1-3H3,(H,33,34)/t14-,26+/m1/s1. The number of rotatable bonds is 6. The molecular weight excluding hydrogens is 501 g/mol. The molecule has 200 valence electrons. The van der Waals surface area contributed by atoms with Crippen LogP contribution in [0.1, 0.15) is 42.5 Å². The van der Waals surface area contributed by atoms with Crippen LogP contribution >= 0.6 is 0 Å². The van der Waals surface area contributed by atoms with Gasteiger partial charge >= 0.3 is 6.61 Å². The number of nitrogens with one attached hydrogen (secondary N) is 1. The van der Waals surface area contributed by atoms with Crippen LogP contribution in [0.15, 0.2) is 30.7 Å². The van der Waals surface area contributed by atoms with Crippen LogP contribution in [-0.4, -0.2) is 63.1 Å². The van der Waals surface area contributed by atoms with Crippen LogP contribution in [0.3, 0.4) is 0 Å². The highest BCUT2D eigenvalue weighted by molar-refractivity contribution is 5.84. The Hall–Kier alpha value is -3.96. The van der Waals surface area contributed by atoms with Gasteiger partial charge in [0.05, 0.1) is 42.9 Å². The number of nitrogens with zero attached hydrogens (tertiary/aromatic N) is 5. The number of alkyl halides is 2. The number of ether oxygens (including phenoxy) is 2. The number of pyridine rings is 2. The first-order valence-corrected chi connectivity index (χ1v) is 12.2. The van der Waals surface area contributed by atoms with Crippen molar-refractivity contribution in [3.63, 3.8) is 0 Å². The predicted octanol–water partition coefficient (Wildman–Crippen LogP) is 4.12. The Morgan fingerprint density at radius 3 is 2.63 bits per heavy atom. The van der Waals surface area contributed by atoms with Gasteiger partial charge in [-0.2, -0.15) is 8.78 Å². The lowest BCUT2D eigenvalue weighted by Crippen LogP contribution is -2.46. The van der Waals surface area contributed by atoms with Crippen molar-refractivity contribution in [2.24, 2.45) is 0 Å². The Balaban J connectivity index is 1.30. The van der Waals surface area contributed by atoms with Gasteiger partial charge in [-0.3, -0.25) is 4.79 Å². The monoisotopic (exact) mass is 528 g/mol. The number of fused-ring (bicyclic) bond motifs is 1. The summed E-state index contributed by atoms with van der Waals surface area (Å²) in [6.45, 7) is 1.60. The average molecular weight is 529 g/mol. The molecular formula is C26H27F3N6O3. The lowest BCUT2D eigenvalue weighted by atomic mass is 9.86. The normalized spacial score (nSPS) is 19.3. The molecule has 0 aliphatic carbocycles. The number of amides is 1. The van der Waals surface area contributed by atoms with Gasteiger partial charge in [0.15, 0.2) is 0 Å². The van der Waals surface area contributed by atoms with Crippen LogP contribution in [0.4, 0.5) is 19.0 Å². The van der Waals surface area contributed by atoms with E-state index in [0.717, 1.165) is 48.6 Å². The minimum atomic E-state index is -2.97. The van der Waals surface area contributed by atoms with Gasteiger partial charge in [-0.25, -0.2) is 24.3 Å². The van der Waals surface area contributed by atoms with Crippen molar-refractivity contribution in [3.8, 4) is 23.0 Å². The SMILES string of the molecule is COc1cc([C@@H](C)C(=O)N2CC[C@@]3(CCc4cc(-c5cnc(OC(F)F)cn5)c(C)nc4N3)C2)c(F)cn1. The number of hydrogen-bond acceptors (Lipinski definition) is 8. The Bertz CT molecular complexity index is 1360. The lowest BCUT2D eigenvalue weighted by Gasteiger charge is -2.36. The molecule has 0 aromatic carbocycles. The second kappa shape index (κ2) is 10.1. The van der Waals surface area contributed by atoms with Crippen molar-refractivity contribution in [2.75, 3.05) is 25.5 Å². The van der Waals surface area contributed by atoms with Gasteiger partial charge in [0.25, 0.3) is 0 Å². The summed E-state index contributed by atoms with van der Waals surface area (Å²) in [6.07, 6.45) is 5.87. The fourth-order valence-corrected chi connectivity index (χ4v) is 5.15. The minimum absolute atomic E-state index is 0.154. The first-order chi connectivity index (χ1) is 18.2. The zero-order valence-corrected chi connectivity index (χ0v) is 21.2. The smallest absolute Gasteiger partial charge is 0.388 e. The van der Waals surface area contributed by atoms with Gasteiger partial charge in [-0.05, 0) is 44.7 Å².